The summed E-state index contributed by atoms with van der Waals surface area (Å²) in [7, 11) is 3.29. The number of carbonyl (C=O) groups is 1. The average Bonchev–Trinajstić information content (AvgIpc) is 3.05. The number of nitrogens with zero attached hydrogens (tertiary/aromatic N) is 1. The van der Waals surface area contributed by atoms with Gasteiger partial charge in [0.2, 0.25) is 0 Å². The molecule has 0 amide bonds. The lowest BCUT2D eigenvalue weighted by atomic mass is 10.0. The molecule has 0 saturated carbocycles. The lowest BCUT2D eigenvalue weighted by Crippen LogP contribution is -2.07. The number of methoxy groups -OCH3 is 2. The zero-order valence-corrected chi connectivity index (χ0v) is 17.0. The van der Waals surface area contributed by atoms with E-state index in [-0.39, 0.29) is 5.97 Å². The number of para-hydroxylation sites is 2. The van der Waals surface area contributed by atoms with Crippen LogP contribution in [0.1, 0.15) is 23.0 Å². The van der Waals surface area contributed by atoms with Gasteiger partial charge in [0, 0.05) is 21.9 Å². The Kier molecular flexibility index (Phi) is 4.89. The fourth-order valence-electron chi connectivity index (χ4n) is 3.98. The van der Waals surface area contributed by atoms with E-state index in [1.807, 2.05) is 68.4 Å². The highest BCUT2D eigenvalue weighted by molar-refractivity contribution is 6.17. The Balaban J connectivity index is 2.22. The maximum Gasteiger partial charge on any atom is 0.340 e. The zero-order chi connectivity index (χ0) is 20.5. The largest absolute Gasteiger partial charge is 0.496 e. The van der Waals surface area contributed by atoms with Gasteiger partial charge < -0.3 is 18.8 Å². The van der Waals surface area contributed by atoms with Crippen LogP contribution in [-0.2, 0) is 4.74 Å². The van der Waals surface area contributed by atoms with E-state index in [1.54, 1.807) is 14.2 Å². The van der Waals surface area contributed by atoms with E-state index in [0.29, 0.717) is 12.2 Å². The lowest BCUT2D eigenvalue weighted by molar-refractivity contribution is 0.0527. The molecule has 0 radical (unpaired) electrons. The summed E-state index contributed by atoms with van der Waals surface area (Å²) >= 11 is 0. The Bertz CT molecular complexity index is 1220. The predicted molar refractivity (Wildman–Crippen MR) is 115 cm³/mol. The summed E-state index contributed by atoms with van der Waals surface area (Å²) < 4.78 is 18.7. The summed E-state index contributed by atoms with van der Waals surface area (Å²) in [6.07, 6.45) is 0. The van der Waals surface area contributed by atoms with Crippen LogP contribution < -0.4 is 9.47 Å². The quantitative estimate of drug-likeness (QED) is 0.436. The fraction of sp³-hybridized carbons (Fsp3) is 0.208. The van der Waals surface area contributed by atoms with Gasteiger partial charge in [-0.25, -0.2) is 4.79 Å². The van der Waals surface area contributed by atoms with Crippen LogP contribution in [0.25, 0.3) is 27.4 Å². The number of esters is 1. The lowest BCUT2D eigenvalue weighted by Gasteiger charge is -2.15. The van der Waals surface area contributed by atoms with E-state index >= 15 is 0 Å². The molecule has 5 heteroatoms. The topological polar surface area (TPSA) is 49.7 Å². The van der Waals surface area contributed by atoms with Crippen LogP contribution in [0.2, 0.25) is 0 Å². The normalized spacial score (nSPS) is 11.0. The number of aromatic nitrogens is 1. The zero-order valence-electron chi connectivity index (χ0n) is 17.0. The summed E-state index contributed by atoms with van der Waals surface area (Å²) in [5.74, 6) is 1.10. The predicted octanol–water partition coefficient (Wildman–Crippen LogP) is 5.29. The molecule has 0 unspecified atom stereocenters. The molecule has 0 aliphatic heterocycles. The van der Waals surface area contributed by atoms with E-state index in [0.717, 1.165) is 44.6 Å². The van der Waals surface area contributed by atoms with Gasteiger partial charge in [-0.15, -0.1) is 0 Å². The standard InChI is InChI=1S/C24H23NO4/c1-5-29-24(26)22-15(2)25(19-12-8-9-13-20(19)27-3)23-17-11-7-6-10-16(17)21(28-4)14-18(22)23/h6-14H,5H2,1-4H3. The number of hydrogen-bond donors (Lipinski definition) is 0. The molecule has 1 aromatic heterocycles. The third-order valence-corrected chi connectivity index (χ3v) is 5.19. The molecule has 5 nitrogen and oxygen atoms in total. The van der Waals surface area contributed by atoms with Gasteiger partial charge >= 0.3 is 5.97 Å². The van der Waals surface area contributed by atoms with Crippen LogP contribution >= 0.6 is 0 Å². The van der Waals surface area contributed by atoms with Crippen LogP contribution in [-0.4, -0.2) is 31.4 Å². The number of fused-ring (bicyclic) bond motifs is 3. The Morgan fingerprint density at radius 1 is 0.897 bits per heavy atom. The first kappa shape index (κ1) is 18.9. The van der Waals surface area contributed by atoms with Crippen molar-refractivity contribution in [2.45, 2.75) is 13.8 Å². The second kappa shape index (κ2) is 7.51. The van der Waals surface area contributed by atoms with Gasteiger partial charge in [-0.3, -0.25) is 0 Å². The van der Waals surface area contributed by atoms with Gasteiger partial charge in [-0.1, -0.05) is 36.4 Å². The first-order valence-electron chi connectivity index (χ1n) is 9.53. The van der Waals surface area contributed by atoms with Crippen molar-refractivity contribution in [1.82, 2.24) is 4.57 Å². The molecule has 0 spiro atoms. The van der Waals surface area contributed by atoms with Crippen molar-refractivity contribution in [3.63, 3.8) is 0 Å². The molecule has 0 atom stereocenters. The summed E-state index contributed by atoms with van der Waals surface area (Å²) in [5.41, 5.74) is 3.12. The van der Waals surface area contributed by atoms with Gasteiger partial charge in [0.1, 0.15) is 11.5 Å². The van der Waals surface area contributed by atoms with Crippen molar-refractivity contribution in [1.29, 1.82) is 0 Å². The molecular formula is C24H23NO4. The summed E-state index contributed by atoms with van der Waals surface area (Å²) in [6, 6.07) is 17.7. The van der Waals surface area contributed by atoms with Crippen molar-refractivity contribution in [2.24, 2.45) is 0 Å². The minimum atomic E-state index is -0.346. The fourth-order valence-corrected chi connectivity index (χ4v) is 3.98. The molecule has 4 rings (SSSR count). The molecule has 148 valence electrons. The molecule has 3 aromatic carbocycles. The molecular weight excluding hydrogens is 366 g/mol. The number of ether oxygens (including phenoxy) is 3. The Morgan fingerprint density at radius 3 is 2.24 bits per heavy atom. The highest BCUT2D eigenvalue weighted by Gasteiger charge is 2.25. The first-order valence-corrected chi connectivity index (χ1v) is 9.53. The van der Waals surface area contributed by atoms with Crippen LogP contribution in [0, 0.1) is 6.92 Å². The van der Waals surface area contributed by atoms with Gasteiger partial charge in [0.05, 0.1) is 37.6 Å². The molecule has 0 fully saturated rings. The molecule has 29 heavy (non-hydrogen) atoms. The maximum atomic E-state index is 12.9. The monoisotopic (exact) mass is 389 g/mol. The van der Waals surface area contributed by atoms with Crippen molar-refractivity contribution in [3.05, 3.63) is 65.9 Å². The molecule has 0 saturated heterocycles. The van der Waals surface area contributed by atoms with Crippen LogP contribution in [0.4, 0.5) is 0 Å². The first-order chi connectivity index (χ1) is 14.1. The maximum absolute atomic E-state index is 12.9. The van der Waals surface area contributed by atoms with Crippen molar-refractivity contribution in [3.8, 4) is 17.2 Å². The molecule has 4 aromatic rings. The SMILES string of the molecule is CCOC(=O)c1c(C)n(-c2ccccc2OC)c2c1cc(OC)c1ccccc12. The van der Waals surface area contributed by atoms with Gasteiger partial charge in [-0.05, 0) is 32.0 Å². The summed E-state index contributed by atoms with van der Waals surface area (Å²) in [4.78, 5) is 12.9. The van der Waals surface area contributed by atoms with Crippen molar-refractivity contribution >= 4 is 27.6 Å². The smallest absolute Gasteiger partial charge is 0.340 e. The van der Waals surface area contributed by atoms with E-state index in [4.69, 9.17) is 14.2 Å². The molecule has 0 aliphatic rings. The van der Waals surface area contributed by atoms with Crippen LogP contribution in [0.15, 0.2) is 54.6 Å². The second-order valence-electron chi connectivity index (χ2n) is 6.71. The summed E-state index contributed by atoms with van der Waals surface area (Å²) in [6.45, 7) is 4.05. The number of hydrogen-bond acceptors (Lipinski definition) is 4. The number of rotatable bonds is 5. The Labute approximate surface area is 169 Å². The molecule has 0 N–H and O–H groups in total. The van der Waals surface area contributed by atoms with Crippen LogP contribution in [0.3, 0.4) is 0 Å². The van der Waals surface area contributed by atoms with E-state index < -0.39 is 0 Å². The van der Waals surface area contributed by atoms with Gasteiger partial charge in [-0.2, -0.15) is 0 Å². The van der Waals surface area contributed by atoms with E-state index in [1.165, 1.54) is 0 Å². The molecule has 1 heterocycles. The van der Waals surface area contributed by atoms with Crippen LogP contribution in [0.5, 0.6) is 11.5 Å². The second-order valence-corrected chi connectivity index (χ2v) is 6.71. The summed E-state index contributed by atoms with van der Waals surface area (Å²) in [5, 5.41) is 2.76. The minimum absolute atomic E-state index is 0.310. The van der Waals surface area contributed by atoms with E-state index in [2.05, 4.69) is 4.57 Å². The third-order valence-electron chi connectivity index (χ3n) is 5.19. The Hall–Kier alpha value is -3.47. The molecule has 0 aliphatic carbocycles. The molecule has 0 bridgehead atoms. The Morgan fingerprint density at radius 2 is 1.55 bits per heavy atom. The number of benzene rings is 3. The minimum Gasteiger partial charge on any atom is -0.496 e. The third kappa shape index (κ3) is 2.90. The highest BCUT2D eigenvalue weighted by Crippen LogP contribution is 2.40. The van der Waals surface area contributed by atoms with Gasteiger partial charge in [0.25, 0.3) is 0 Å². The van der Waals surface area contributed by atoms with Crippen molar-refractivity contribution < 1.29 is 19.0 Å². The van der Waals surface area contributed by atoms with Crippen molar-refractivity contribution in [2.75, 3.05) is 20.8 Å². The average molecular weight is 389 g/mol. The van der Waals surface area contributed by atoms with Gasteiger partial charge in [0.15, 0.2) is 0 Å². The highest BCUT2D eigenvalue weighted by atomic mass is 16.5. The number of carbonyl (C=O) groups excluding carboxylic acids is 1. The van der Waals surface area contributed by atoms with E-state index in [9.17, 15) is 4.79 Å².